The van der Waals surface area contributed by atoms with Crippen LogP contribution >= 0.6 is 0 Å². The molecule has 0 saturated heterocycles. The summed E-state index contributed by atoms with van der Waals surface area (Å²) in [5.74, 6) is 1.16. The molecule has 3 heteroatoms. The number of aromatic nitrogens is 1. The van der Waals surface area contributed by atoms with E-state index in [2.05, 4.69) is 82.6 Å². The van der Waals surface area contributed by atoms with Gasteiger partial charge in [-0.1, -0.05) is 48.6 Å². The van der Waals surface area contributed by atoms with E-state index in [1.165, 1.54) is 68.3 Å². The first-order chi connectivity index (χ1) is 17.3. The van der Waals surface area contributed by atoms with Crippen molar-refractivity contribution in [1.29, 1.82) is 0 Å². The molecule has 1 N–H and O–H groups in total. The maximum Gasteiger partial charge on any atom is 0.0723 e. The van der Waals surface area contributed by atoms with E-state index in [0.29, 0.717) is 17.9 Å². The van der Waals surface area contributed by atoms with Gasteiger partial charge < -0.3 is 14.8 Å². The van der Waals surface area contributed by atoms with Crippen LogP contribution in [-0.2, 0) is 25.9 Å². The molecule has 5 aliphatic rings. The van der Waals surface area contributed by atoms with Crippen LogP contribution in [0.5, 0.6) is 0 Å². The average molecular weight is 464 g/mol. The zero-order valence-electron chi connectivity index (χ0n) is 21.0. The van der Waals surface area contributed by atoms with Gasteiger partial charge in [-0.2, -0.15) is 0 Å². The zero-order chi connectivity index (χ0) is 23.4. The molecule has 180 valence electrons. The van der Waals surface area contributed by atoms with Gasteiger partial charge in [0.2, 0.25) is 0 Å². The molecule has 0 saturated carbocycles. The predicted octanol–water partition coefficient (Wildman–Crippen LogP) is 6.75. The molecule has 35 heavy (non-hydrogen) atoms. The Morgan fingerprint density at radius 2 is 1.91 bits per heavy atom. The maximum atomic E-state index is 3.42. The molecule has 0 bridgehead atoms. The van der Waals surface area contributed by atoms with Crippen LogP contribution in [0.1, 0.15) is 84.0 Å². The number of anilines is 1. The van der Waals surface area contributed by atoms with Gasteiger partial charge in [-0.05, 0) is 105 Å². The van der Waals surface area contributed by atoms with E-state index < -0.39 is 0 Å². The smallest absolute Gasteiger partial charge is 0.0723 e. The number of hydrogen-bond donors (Lipinski definition) is 1. The van der Waals surface area contributed by atoms with Crippen LogP contribution in [0, 0.1) is 0 Å². The number of nitrogens with one attached hydrogen (secondary N) is 1. The van der Waals surface area contributed by atoms with E-state index >= 15 is 0 Å². The highest BCUT2D eigenvalue weighted by molar-refractivity contribution is 5.69. The van der Waals surface area contributed by atoms with Gasteiger partial charge in [0.25, 0.3) is 0 Å². The highest BCUT2D eigenvalue weighted by Gasteiger charge is 2.40. The lowest BCUT2D eigenvalue weighted by molar-refractivity contribution is 0.521. The topological polar surface area (TPSA) is 20.2 Å². The highest BCUT2D eigenvalue weighted by atomic mass is 15.2. The average Bonchev–Trinajstić information content (AvgIpc) is 3.42. The number of allylic oxidation sites excluding steroid dienone is 6. The summed E-state index contributed by atoms with van der Waals surface area (Å²) in [6.07, 6.45) is 27.4. The molecule has 1 aromatic heterocycles. The van der Waals surface area contributed by atoms with Crippen molar-refractivity contribution >= 4 is 11.8 Å². The molecule has 0 amide bonds. The van der Waals surface area contributed by atoms with Crippen LogP contribution in [-0.4, -0.2) is 17.7 Å². The van der Waals surface area contributed by atoms with Crippen LogP contribution in [0.2, 0.25) is 0 Å². The highest BCUT2D eigenvalue weighted by Crippen LogP contribution is 2.49. The monoisotopic (exact) mass is 463 g/mol. The minimum atomic E-state index is 0.539. The Morgan fingerprint density at radius 1 is 0.971 bits per heavy atom. The fraction of sp³-hybridized carbons (Fsp3) is 0.438. The molecular weight excluding hydrogens is 426 g/mol. The van der Waals surface area contributed by atoms with Crippen molar-refractivity contribution in [3.8, 4) is 0 Å². The maximum absolute atomic E-state index is 3.42. The van der Waals surface area contributed by atoms with Gasteiger partial charge in [-0.3, -0.25) is 0 Å². The molecule has 4 aliphatic carbocycles. The van der Waals surface area contributed by atoms with E-state index in [4.69, 9.17) is 0 Å². The lowest BCUT2D eigenvalue weighted by Gasteiger charge is -2.33. The molecule has 3 nitrogen and oxygen atoms in total. The number of benzene rings is 1. The Bertz CT molecular complexity index is 1270. The summed E-state index contributed by atoms with van der Waals surface area (Å²) >= 11 is 0. The number of fused-ring (bicyclic) bond motifs is 6. The molecule has 3 atom stereocenters. The van der Waals surface area contributed by atoms with Crippen molar-refractivity contribution in [3.05, 3.63) is 94.0 Å². The van der Waals surface area contributed by atoms with Gasteiger partial charge >= 0.3 is 0 Å². The van der Waals surface area contributed by atoms with E-state index in [1.54, 1.807) is 28.1 Å². The fourth-order valence-electron chi connectivity index (χ4n) is 7.56. The van der Waals surface area contributed by atoms with Gasteiger partial charge in [0.15, 0.2) is 0 Å². The normalized spacial score (nSPS) is 26.3. The number of hydrogen-bond acceptors (Lipinski definition) is 2. The predicted molar refractivity (Wildman–Crippen MR) is 146 cm³/mol. The van der Waals surface area contributed by atoms with E-state index in [1.807, 2.05) is 0 Å². The number of rotatable bonds is 4. The molecule has 1 aromatic carbocycles. The Hall–Kier alpha value is -2.78. The summed E-state index contributed by atoms with van der Waals surface area (Å²) < 4.78 is 2.59. The van der Waals surface area contributed by atoms with Crippen molar-refractivity contribution in [1.82, 2.24) is 9.88 Å². The zero-order valence-corrected chi connectivity index (χ0v) is 21.0. The van der Waals surface area contributed by atoms with Crippen LogP contribution in [0.3, 0.4) is 0 Å². The van der Waals surface area contributed by atoms with E-state index in [-0.39, 0.29) is 0 Å². The van der Waals surface area contributed by atoms with Crippen LogP contribution in [0.25, 0.3) is 6.08 Å². The molecule has 0 radical (unpaired) electrons. The van der Waals surface area contributed by atoms with Crippen LogP contribution < -0.4 is 10.2 Å². The first-order valence-electron chi connectivity index (χ1n) is 13.8. The number of nitrogens with zero attached hydrogens (tertiary/aromatic N) is 2. The lowest BCUT2D eigenvalue weighted by atomic mass is 9.79. The molecule has 1 aliphatic heterocycles. The molecule has 2 aromatic rings. The van der Waals surface area contributed by atoms with Gasteiger partial charge in [-0.25, -0.2) is 0 Å². The van der Waals surface area contributed by atoms with Gasteiger partial charge in [0.1, 0.15) is 0 Å². The summed E-state index contributed by atoms with van der Waals surface area (Å²) in [5.41, 5.74) is 12.4. The molecule has 3 unspecified atom stereocenters. The molecule has 2 heterocycles. The molecular formula is C32H37N3. The second-order valence-corrected chi connectivity index (χ2v) is 11.0. The summed E-state index contributed by atoms with van der Waals surface area (Å²) in [4.78, 5) is 2.70. The van der Waals surface area contributed by atoms with Crippen LogP contribution in [0.4, 0.5) is 5.69 Å². The third-order valence-electron chi connectivity index (χ3n) is 9.13. The van der Waals surface area contributed by atoms with Crippen molar-refractivity contribution in [2.24, 2.45) is 0 Å². The van der Waals surface area contributed by atoms with Gasteiger partial charge in [0.05, 0.1) is 6.67 Å². The van der Waals surface area contributed by atoms with Crippen molar-refractivity contribution in [3.63, 3.8) is 0 Å². The standard InChI is InChI=1S/C32H37N3/c1-33-21-34-29-13-7-5-11-25(29)27-19-22(15-17-30(27)34)23-16-18-32-28(20-23)26-12-6-8-14-31(26)35(32)24-9-3-2-4-10-24/h2-3,5-6,9,11-12,16,18,20,22,26,31,33H,4,7-8,10,13-15,17,19,21H2,1H3. The SMILES string of the molecule is CNCn1c2c(c3c1CCC(c1ccc4c(c1)C1C=CCCC1N4C1=CC=CCC1)C3)C=CCC2. The van der Waals surface area contributed by atoms with E-state index in [9.17, 15) is 0 Å². The molecule has 7 rings (SSSR count). The third kappa shape index (κ3) is 3.42. The van der Waals surface area contributed by atoms with E-state index in [0.717, 1.165) is 13.1 Å². The van der Waals surface area contributed by atoms with Gasteiger partial charge in [0, 0.05) is 34.7 Å². The molecule has 0 fully saturated rings. The molecule has 0 spiro atoms. The first kappa shape index (κ1) is 21.5. The summed E-state index contributed by atoms with van der Waals surface area (Å²) in [7, 11) is 2.07. The summed E-state index contributed by atoms with van der Waals surface area (Å²) in [6.45, 7) is 0.936. The second kappa shape index (κ2) is 8.71. The Labute approximate surface area is 209 Å². The summed E-state index contributed by atoms with van der Waals surface area (Å²) in [6, 6.07) is 8.13. The first-order valence-corrected chi connectivity index (χ1v) is 13.8. The third-order valence-corrected chi connectivity index (χ3v) is 9.13. The van der Waals surface area contributed by atoms with Crippen LogP contribution in [0.15, 0.2) is 60.4 Å². The largest absolute Gasteiger partial charge is 0.341 e. The Kier molecular flexibility index (Phi) is 5.35. The Morgan fingerprint density at radius 3 is 2.80 bits per heavy atom. The minimum absolute atomic E-state index is 0.539. The quantitative estimate of drug-likeness (QED) is 0.506. The second-order valence-electron chi connectivity index (χ2n) is 11.0. The minimum Gasteiger partial charge on any atom is -0.341 e. The van der Waals surface area contributed by atoms with Crippen molar-refractivity contribution < 1.29 is 0 Å². The fourth-order valence-corrected chi connectivity index (χ4v) is 7.56. The lowest BCUT2D eigenvalue weighted by Crippen LogP contribution is -2.34. The van der Waals surface area contributed by atoms with Crippen molar-refractivity contribution in [2.75, 3.05) is 11.9 Å². The summed E-state index contributed by atoms with van der Waals surface area (Å²) in [5, 5.41) is 3.42. The Balaban J connectivity index is 1.25. The van der Waals surface area contributed by atoms with Gasteiger partial charge in [-0.15, -0.1) is 0 Å². The van der Waals surface area contributed by atoms with Crippen molar-refractivity contribution in [2.45, 2.75) is 82.3 Å².